The molecular formula is C8H16IN. The predicted octanol–water partition coefficient (Wildman–Crippen LogP) is 2.64. The number of alkyl halides is 1. The molecule has 0 unspecified atom stereocenters. The van der Waals surface area contributed by atoms with E-state index in [1.54, 1.807) is 0 Å². The minimum atomic E-state index is 0.482. The largest absolute Gasteiger partial charge is 0.295 e. The third kappa shape index (κ3) is 1.84. The van der Waals surface area contributed by atoms with Gasteiger partial charge in [0.15, 0.2) is 0 Å². The Morgan fingerprint density at radius 1 is 1.10 bits per heavy atom. The molecule has 0 bridgehead atoms. The van der Waals surface area contributed by atoms with Crippen molar-refractivity contribution in [3.63, 3.8) is 0 Å². The minimum absolute atomic E-state index is 0.482. The topological polar surface area (TPSA) is 3.24 Å². The van der Waals surface area contributed by atoms with E-state index in [0.717, 1.165) is 0 Å². The number of rotatable bonds is 1. The third-order valence-corrected chi connectivity index (χ3v) is 4.46. The number of halogens is 1. The van der Waals surface area contributed by atoms with Crippen molar-refractivity contribution in [1.82, 2.24) is 4.90 Å². The lowest BCUT2D eigenvalue weighted by molar-refractivity contribution is 0.212. The van der Waals surface area contributed by atoms with Crippen LogP contribution in [0.4, 0.5) is 0 Å². The Bertz CT molecular complexity index is 106. The number of hydrogen-bond donors (Lipinski definition) is 0. The molecule has 0 spiro atoms. The highest BCUT2D eigenvalue weighted by Gasteiger charge is 2.30. The molecule has 1 saturated carbocycles. The van der Waals surface area contributed by atoms with Gasteiger partial charge in [-0.15, -0.1) is 0 Å². The van der Waals surface area contributed by atoms with Crippen LogP contribution in [-0.2, 0) is 0 Å². The monoisotopic (exact) mass is 253 g/mol. The summed E-state index contributed by atoms with van der Waals surface area (Å²) in [4.78, 5) is 2.37. The molecule has 1 aliphatic carbocycles. The van der Waals surface area contributed by atoms with E-state index in [9.17, 15) is 0 Å². The van der Waals surface area contributed by atoms with E-state index in [-0.39, 0.29) is 0 Å². The Kier molecular flexibility index (Phi) is 2.98. The summed E-state index contributed by atoms with van der Waals surface area (Å²) >= 11 is 2.61. The van der Waals surface area contributed by atoms with Gasteiger partial charge >= 0.3 is 0 Å². The lowest BCUT2D eigenvalue weighted by Crippen LogP contribution is -2.39. The van der Waals surface area contributed by atoms with Crippen molar-refractivity contribution in [1.29, 1.82) is 0 Å². The third-order valence-electron chi connectivity index (χ3n) is 2.42. The van der Waals surface area contributed by atoms with Crippen molar-refractivity contribution in [3.8, 4) is 0 Å². The van der Waals surface area contributed by atoms with Gasteiger partial charge in [-0.25, -0.2) is 0 Å². The van der Waals surface area contributed by atoms with Crippen LogP contribution in [0.1, 0.15) is 32.1 Å². The van der Waals surface area contributed by atoms with Gasteiger partial charge < -0.3 is 0 Å². The molecule has 0 radical (unpaired) electrons. The van der Waals surface area contributed by atoms with Gasteiger partial charge in [-0.2, -0.15) is 0 Å². The van der Waals surface area contributed by atoms with Gasteiger partial charge in [0.2, 0.25) is 0 Å². The van der Waals surface area contributed by atoms with E-state index in [1.807, 2.05) is 0 Å². The van der Waals surface area contributed by atoms with Crippen molar-refractivity contribution < 1.29 is 0 Å². The summed E-state index contributed by atoms with van der Waals surface area (Å²) in [6, 6.07) is 0. The molecule has 0 aromatic heterocycles. The second-order valence-electron chi connectivity index (χ2n) is 3.37. The molecule has 0 saturated heterocycles. The average molecular weight is 253 g/mol. The number of nitrogens with zero attached hydrogens (tertiary/aromatic N) is 1. The molecule has 1 aliphatic rings. The normalized spacial score (nSPS) is 25.2. The van der Waals surface area contributed by atoms with Crippen molar-refractivity contribution in [2.45, 2.75) is 35.6 Å². The minimum Gasteiger partial charge on any atom is -0.295 e. The van der Waals surface area contributed by atoms with Crippen molar-refractivity contribution in [2.75, 3.05) is 14.1 Å². The van der Waals surface area contributed by atoms with E-state index in [0.29, 0.717) is 3.55 Å². The molecule has 0 heterocycles. The van der Waals surface area contributed by atoms with Crippen LogP contribution < -0.4 is 0 Å². The maximum absolute atomic E-state index is 2.61. The molecule has 60 valence electrons. The first-order chi connectivity index (χ1) is 4.65. The molecule has 1 fully saturated rings. The van der Waals surface area contributed by atoms with Gasteiger partial charge in [0.1, 0.15) is 0 Å². The summed E-state index contributed by atoms with van der Waals surface area (Å²) in [5.41, 5.74) is 0. The summed E-state index contributed by atoms with van der Waals surface area (Å²) in [6.45, 7) is 0. The fourth-order valence-electron chi connectivity index (χ4n) is 1.54. The zero-order valence-corrected chi connectivity index (χ0v) is 9.02. The van der Waals surface area contributed by atoms with Crippen molar-refractivity contribution in [3.05, 3.63) is 0 Å². The molecule has 0 aromatic rings. The van der Waals surface area contributed by atoms with Gasteiger partial charge in [0.25, 0.3) is 0 Å². The highest BCUT2D eigenvalue weighted by molar-refractivity contribution is 14.1. The maximum atomic E-state index is 2.61. The SMILES string of the molecule is CN(C)C1(I)CCCCC1. The van der Waals surface area contributed by atoms with E-state index < -0.39 is 0 Å². The van der Waals surface area contributed by atoms with Crippen LogP contribution in [0.5, 0.6) is 0 Å². The molecule has 1 nitrogen and oxygen atoms in total. The summed E-state index contributed by atoms with van der Waals surface area (Å²) < 4.78 is 0.482. The first-order valence-corrected chi connectivity index (χ1v) is 5.09. The fourth-order valence-corrected chi connectivity index (χ4v) is 2.30. The molecular weight excluding hydrogens is 237 g/mol. The quantitative estimate of drug-likeness (QED) is 0.394. The fraction of sp³-hybridized carbons (Fsp3) is 1.00. The van der Waals surface area contributed by atoms with Crippen LogP contribution in [-0.4, -0.2) is 22.5 Å². The van der Waals surface area contributed by atoms with Crippen LogP contribution in [0.3, 0.4) is 0 Å². The highest BCUT2D eigenvalue weighted by Crippen LogP contribution is 2.37. The Labute approximate surface area is 77.3 Å². The summed E-state index contributed by atoms with van der Waals surface area (Å²) in [7, 11) is 4.38. The zero-order valence-electron chi connectivity index (χ0n) is 6.86. The molecule has 0 aromatic carbocycles. The van der Waals surface area contributed by atoms with Gasteiger partial charge in [-0.1, -0.05) is 41.9 Å². The van der Waals surface area contributed by atoms with Crippen LogP contribution in [0, 0.1) is 0 Å². The van der Waals surface area contributed by atoms with Crippen LogP contribution in [0.15, 0.2) is 0 Å². The van der Waals surface area contributed by atoms with Gasteiger partial charge in [-0.05, 0) is 26.9 Å². The van der Waals surface area contributed by atoms with E-state index in [4.69, 9.17) is 0 Å². The summed E-state index contributed by atoms with van der Waals surface area (Å²) in [5.74, 6) is 0. The molecule has 0 N–H and O–H groups in total. The predicted molar refractivity (Wildman–Crippen MR) is 53.5 cm³/mol. The Balaban J connectivity index is 2.48. The van der Waals surface area contributed by atoms with E-state index in [2.05, 4.69) is 41.6 Å². The molecule has 0 aliphatic heterocycles. The van der Waals surface area contributed by atoms with E-state index >= 15 is 0 Å². The Morgan fingerprint density at radius 2 is 1.60 bits per heavy atom. The molecule has 0 atom stereocenters. The van der Waals surface area contributed by atoms with Gasteiger partial charge in [0, 0.05) is 0 Å². The zero-order chi connectivity index (χ0) is 7.61. The molecule has 2 heteroatoms. The van der Waals surface area contributed by atoms with E-state index in [1.165, 1.54) is 32.1 Å². The number of hydrogen-bond acceptors (Lipinski definition) is 1. The summed E-state index contributed by atoms with van der Waals surface area (Å²) in [6.07, 6.45) is 7.03. The van der Waals surface area contributed by atoms with Gasteiger partial charge in [-0.3, -0.25) is 4.90 Å². The van der Waals surface area contributed by atoms with Crippen molar-refractivity contribution >= 4 is 22.6 Å². The lowest BCUT2D eigenvalue weighted by Gasteiger charge is -2.37. The lowest BCUT2D eigenvalue weighted by atomic mass is 9.95. The standard InChI is InChI=1S/C8H16IN/c1-10(2)8(9)6-4-3-5-7-8/h3-7H2,1-2H3. The smallest absolute Gasteiger partial charge is 0.0725 e. The molecule has 10 heavy (non-hydrogen) atoms. The van der Waals surface area contributed by atoms with Crippen molar-refractivity contribution in [2.24, 2.45) is 0 Å². The Morgan fingerprint density at radius 3 is 1.90 bits per heavy atom. The highest BCUT2D eigenvalue weighted by atomic mass is 127. The molecule has 1 rings (SSSR count). The Hall–Kier alpha value is 0.690. The second kappa shape index (κ2) is 3.39. The average Bonchev–Trinajstić information content (AvgIpc) is 1.89. The van der Waals surface area contributed by atoms with Gasteiger partial charge in [0.05, 0.1) is 3.55 Å². The molecule has 0 amide bonds. The summed E-state index contributed by atoms with van der Waals surface area (Å²) in [5, 5.41) is 0. The first-order valence-electron chi connectivity index (χ1n) is 4.01. The second-order valence-corrected chi connectivity index (χ2v) is 5.38. The van der Waals surface area contributed by atoms with Crippen LogP contribution >= 0.6 is 22.6 Å². The van der Waals surface area contributed by atoms with Crippen LogP contribution in [0.2, 0.25) is 0 Å². The first kappa shape index (κ1) is 8.78. The maximum Gasteiger partial charge on any atom is 0.0725 e. The van der Waals surface area contributed by atoms with Crippen LogP contribution in [0.25, 0.3) is 0 Å².